The molecule has 0 aliphatic carbocycles. The van der Waals surface area contributed by atoms with Crippen LogP contribution < -0.4 is 10.9 Å². The summed E-state index contributed by atoms with van der Waals surface area (Å²) in [6, 6.07) is 8.04. The van der Waals surface area contributed by atoms with Gasteiger partial charge < -0.3 is 10.3 Å². The molecule has 2 aromatic rings. The van der Waals surface area contributed by atoms with E-state index in [9.17, 15) is 9.59 Å². The van der Waals surface area contributed by atoms with E-state index in [-0.39, 0.29) is 5.56 Å². The lowest BCUT2D eigenvalue weighted by atomic mass is 10.2. The van der Waals surface area contributed by atoms with Crippen molar-refractivity contribution in [1.29, 1.82) is 0 Å². The van der Waals surface area contributed by atoms with Gasteiger partial charge in [0.15, 0.2) is 0 Å². The number of rotatable bonds is 2. The second-order valence-corrected chi connectivity index (χ2v) is 4.76. The standard InChI is InChI=1S/C12H8BrClN2O2/c13-9-4-3-7(6-10(9)14)16-12(18)8-2-1-5-15-11(8)17/h1-6H,(H,15,17)(H,16,18). The molecular weight excluding hydrogens is 320 g/mol. The van der Waals surface area contributed by atoms with Gasteiger partial charge in [-0.15, -0.1) is 0 Å². The van der Waals surface area contributed by atoms with E-state index in [4.69, 9.17) is 11.6 Å². The summed E-state index contributed by atoms with van der Waals surface area (Å²) in [5.41, 5.74) is 0.145. The zero-order chi connectivity index (χ0) is 13.1. The molecule has 0 saturated carbocycles. The van der Waals surface area contributed by atoms with E-state index in [2.05, 4.69) is 26.2 Å². The van der Waals surface area contributed by atoms with E-state index in [1.165, 1.54) is 12.3 Å². The van der Waals surface area contributed by atoms with Crippen LogP contribution in [0.2, 0.25) is 5.02 Å². The molecule has 2 rings (SSSR count). The van der Waals surface area contributed by atoms with Crippen molar-refractivity contribution in [3.8, 4) is 0 Å². The van der Waals surface area contributed by atoms with Gasteiger partial charge >= 0.3 is 0 Å². The van der Waals surface area contributed by atoms with E-state index in [1.807, 2.05) is 0 Å². The molecule has 0 atom stereocenters. The molecule has 0 bridgehead atoms. The largest absolute Gasteiger partial charge is 0.328 e. The Bertz CT molecular complexity index is 655. The molecule has 1 heterocycles. The first kappa shape index (κ1) is 12.9. The van der Waals surface area contributed by atoms with Crippen molar-refractivity contribution in [2.45, 2.75) is 0 Å². The van der Waals surface area contributed by atoms with Crippen molar-refractivity contribution in [2.24, 2.45) is 0 Å². The highest BCUT2D eigenvalue weighted by Gasteiger charge is 2.10. The number of hydrogen-bond acceptors (Lipinski definition) is 2. The Balaban J connectivity index is 2.24. The van der Waals surface area contributed by atoms with Crippen molar-refractivity contribution in [3.05, 3.63) is 61.9 Å². The first-order valence-electron chi connectivity index (χ1n) is 5.02. The number of amides is 1. The highest BCUT2D eigenvalue weighted by atomic mass is 79.9. The number of benzene rings is 1. The lowest BCUT2D eigenvalue weighted by molar-refractivity contribution is 0.102. The van der Waals surface area contributed by atoms with Crippen molar-refractivity contribution in [1.82, 2.24) is 4.98 Å². The van der Waals surface area contributed by atoms with E-state index < -0.39 is 11.5 Å². The quantitative estimate of drug-likeness (QED) is 0.890. The molecule has 92 valence electrons. The van der Waals surface area contributed by atoms with Crippen LogP contribution in [0.25, 0.3) is 0 Å². The SMILES string of the molecule is O=C(Nc1ccc(Br)c(Cl)c1)c1ccc[nH]c1=O. The van der Waals surface area contributed by atoms with Gasteiger partial charge in [0, 0.05) is 16.4 Å². The lowest BCUT2D eigenvalue weighted by Crippen LogP contribution is -2.22. The summed E-state index contributed by atoms with van der Waals surface area (Å²) in [4.78, 5) is 25.7. The maximum absolute atomic E-state index is 11.8. The molecule has 0 unspecified atom stereocenters. The second kappa shape index (κ2) is 5.37. The van der Waals surface area contributed by atoms with Gasteiger partial charge in [0.05, 0.1) is 5.02 Å². The number of anilines is 1. The maximum Gasteiger partial charge on any atom is 0.261 e. The molecule has 0 radical (unpaired) electrons. The second-order valence-electron chi connectivity index (χ2n) is 3.50. The topological polar surface area (TPSA) is 62.0 Å². The first-order valence-corrected chi connectivity index (χ1v) is 6.19. The third-order valence-corrected chi connectivity index (χ3v) is 3.47. The van der Waals surface area contributed by atoms with Crippen molar-refractivity contribution < 1.29 is 4.79 Å². The number of aromatic nitrogens is 1. The van der Waals surface area contributed by atoms with E-state index >= 15 is 0 Å². The molecule has 18 heavy (non-hydrogen) atoms. The monoisotopic (exact) mass is 326 g/mol. The zero-order valence-corrected chi connectivity index (χ0v) is 11.4. The number of halogens is 2. The first-order chi connectivity index (χ1) is 8.58. The summed E-state index contributed by atoms with van der Waals surface area (Å²) in [7, 11) is 0. The van der Waals surface area contributed by atoms with Crippen molar-refractivity contribution in [3.63, 3.8) is 0 Å². The minimum Gasteiger partial charge on any atom is -0.328 e. The average Bonchev–Trinajstić information content (AvgIpc) is 2.34. The predicted octanol–water partition coefficient (Wildman–Crippen LogP) is 3.04. The van der Waals surface area contributed by atoms with E-state index in [0.717, 1.165) is 4.47 Å². The molecule has 1 aromatic heterocycles. The Morgan fingerprint density at radius 2 is 2.11 bits per heavy atom. The van der Waals surface area contributed by atoms with Gasteiger partial charge in [-0.25, -0.2) is 0 Å². The fourth-order valence-electron chi connectivity index (χ4n) is 1.37. The fraction of sp³-hybridized carbons (Fsp3) is 0. The Hall–Kier alpha value is -1.59. The summed E-state index contributed by atoms with van der Waals surface area (Å²) in [5.74, 6) is -0.477. The molecule has 0 aliphatic heterocycles. The molecule has 2 N–H and O–H groups in total. The molecule has 0 spiro atoms. The van der Waals surface area contributed by atoms with E-state index in [0.29, 0.717) is 10.7 Å². The van der Waals surface area contributed by atoms with Gasteiger partial charge in [-0.2, -0.15) is 0 Å². The van der Waals surface area contributed by atoms with Gasteiger partial charge in [0.25, 0.3) is 11.5 Å². The van der Waals surface area contributed by atoms with Crippen LogP contribution in [-0.2, 0) is 0 Å². The smallest absolute Gasteiger partial charge is 0.261 e. The van der Waals surface area contributed by atoms with E-state index in [1.54, 1.807) is 24.3 Å². The van der Waals surface area contributed by atoms with Gasteiger partial charge in [-0.05, 0) is 46.3 Å². The minimum absolute atomic E-state index is 0.0524. The molecule has 6 heteroatoms. The summed E-state index contributed by atoms with van der Waals surface area (Å²) in [6.07, 6.45) is 1.47. The zero-order valence-electron chi connectivity index (χ0n) is 9.04. The summed E-state index contributed by atoms with van der Waals surface area (Å²) < 4.78 is 0.736. The highest BCUT2D eigenvalue weighted by Crippen LogP contribution is 2.25. The fourth-order valence-corrected chi connectivity index (χ4v) is 1.80. The Morgan fingerprint density at radius 1 is 1.33 bits per heavy atom. The van der Waals surface area contributed by atoms with Crippen LogP contribution in [0.5, 0.6) is 0 Å². The lowest BCUT2D eigenvalue weighted by Gasteiger charge is -2.05. The number of aromatic amines is 1. The molecule has 1 amide bonds. The Labute approximate surface area is 116 Å². The third-order valence-electron chi connectivity index (χ3n) is 2.24. The van der Waals surface area contributed by atoms with Crippen LogP contribution in [0.15, 0.2) is 45.8 Å². The van der Waals surface area contributed by atoms with Crippen LogP contribution in [0, 0.1) is 0 Å². The normalized spacial score (nSPS) is 10.1. The van der Waals surface area contributed by atoms with Gasteiger partial charge in [-0.1, -0.05) is 11.6 Å². The van der Waals surface area contributed by atoms with Gasteiger partial charge in [-0.3, -0.25) is 9.59 Å². The maximum atomic E-state index is 11.8. The number of carbonyl (C=O) groups excluding carboxylic acids is 1. The highest BCUT2D eigenvalue weighted by molar-refractivity contribution is 9.10. The number of H-pyrrole nitrogens is 1. The summed E-state index contributed by atoms with van der Waals surface area (Å²) in [6.45, 7) is 0. The summed E-state index contributed by atoms with van der Waals surface area (Å²) >= 11 is 9.16. The van der Waals surface area contributed by atoms with Crippen molar-refractivity contribution in [2.75, 3.05) is 5.32 Å². The molecule has 1 aromatic carbocycles. The number of hydrogen-bond donors (Lipinski definition) is 2. The number of nitrogens with one attached hydrogen (secondary N) is 2. The number of carbonyl (C=O) groups is 1. The molecule has 4 nitrogen and oxygen atoms in total. The molecular formula is C12H8BrClN2O2. The van der Waals surface area contributed by atoms with Crippen LogP contribution in [0.4, 0.5) is 5.69 Å². The average molecular weight is 328 g/mol. The van der Waals surface area contributed by atoms with Crippen molar-refractivity contribution >= 4 is 39.1 Å². The predicted molar refractivity (Wildman–Crippen MR) is 74.2 cm³/mol. The van der Waals surface area contributed by atoms with Crippen LogP contribution in [0.1, 0.15) is 10.4 Å². The molecule has 0 saturated heterocycles. The van der Waals surface area contributed by atoms with Gasteiger partial charge in [0.2, 0.25) is 0 Å². The Kier molecular flexibility index (Phi) is 3.84. The van der Waals surface area contributed by atoms with Gasteiger partial charge in [0.1, 0.15) is 5.56 Å². The van der Waals surface area contributed by atoms with Crippen LogP contribution in [-0.4, -0.2) is 10.9 Å². The molecule has 0 aliphatic rings. The number of pyridine rings is 1. The van der Waals surface area contributed by atoms with Crippen LogP contribution >= 0.6 is 27.5 Å². The minimum atomic E-state index is -0.477. The summed E-state index contributed by atoms with van der Waals surface area (Å²) in [5, 5.41) is 3.08. The Morgan fingerprint density at radius 3 is 2.78 bits per heavy atom. The molecule has 0 fully saturated rings. The third kappa shape index (κ3) is 2.80. The van der Waals surface area contributed by atoms with Crippen LogP contribution in [0.3, 0.4) is 0 Å².